The minimum atomic E-state index is -1.01. The Kier molecular flexibility index (Phi) is 5.13. The molecule has 1 atom stereocenters. The van der Waals surface area contributed by atoms with Crippen LogP contribution in [0.3, 0.4) is 0 Å². The van der Waals surface area contributed by atoms with Crippen LogP contribution in [0.15, 0.2) is 0 Å². The highest BCUT2D eigenvalue weighted by molar-refractivity contribution is 5.78. The number of ether oxygens (including phenoxy) is 1. The standard InChI is InChI=1S/C16H32N2O3/c1-10-16(11-2)17(8)12(3)14(4,5)18(16)21-15(6,7)13(19)20-9/h12H,10-11H2,1-9H3. The third kappa shape index (κ3) is 2.71. The molecular weight excluding hydrogens is 268 g/mol. The van der Waals surface area contributed by atoms with Crippen molar-refractivity contribution in [2.24, 2.45) is 0 Å². The van der Waals surface area contributed by atoms with Crippen molar-refractivity contribution in [1.82, 2.24) is 9.96 Å². The largest absolute Gasteiger partial charge is 0.467 e. The van der Waals surface area contributed by atoms with Gasteiger partial charge in [-0.25, -0.2) is 4.79 Å². The zero-order valence-corrected chi connectivity index (χ0v) is 15.1. The molecule has 0 bridgehead atoms. The average Bonchev–Trinajstić information content (AvgIpc) is 2.57. The first-order valence-electron chi connectivity index (χ1n) is 7.82. The van der Waals surface area contributed by atoms with Gasteiger partial charge in [0.2, 0.25) is 0 Å². The molecular formula is C16H32N2O3. The van der Waals surface area contributed by atoms with Gasteiger partial charge in [0.1, 0.15) is 0 Å². The van der Waals surface area contributed by atoms with Gasteiger partial charge >= 0.3 is 5.97 Å². The molecule has 0 aromatic carbocycles. The van der Waals surface area contributed by atoms with Crippen molar-refractivity contribution in [3.63, 3.8) is 0 Å². The first-order valence-corrected chi connectivity index (χ1v) is 7.82. The lowest BCUT2D eigenvalue weighted by Crippen LogP contribution is -2.58. The second-order valence-electron chi connectivity index (χ2n) is 7.02. The van der Waals surface area contributed by atoms with Gasteiger partial charge in [-0.2, -0.15) is 5.06 Å². The van der Waals surface area contributed by atoms with Crippen LogP contribution in [0.2, 0.25) is 0 Å². The summed E-state index contributed by atoms with van der Waals surface area (Å²) >= 11 is 0. The van der Waals surface area contributed by atoms with Crippen LogP contribution >= 0.6 is 0 Å². The number of methoxy groups -OCH3 is 1. The zero-order chi connectivity index (χ0) is 16.6. The summed E-state index contributed by atoms with van der Waals surface area (Å²) in [5.74, 6) is -0.360. The zero-order valence-electron chi connectivity index (χ0n) is 15.1. The summed E-state index contributed by atoms with van der Waals surface area (Å²) in [5.41, 5.74) is -1.42. The number of hydrogen-bond donors (Lipinski definition) is 0. The van der Waals surface area contributed by atoms with Gasteiger partial charge in [0.25, 0.3) is 0 Å². The predicted octanol–water partition coefficient (Wildman–Crippen LogP) is 2.80. The number of rotatable bonds is 5. The number of likely N-dealkylation sites (N-methyl/N-ethyl adjacent to an activating group) is 1. The second kappa shape index (κ2) is 5.86. The fourth-order valence-electron chi connectivity index (χ4n) is 3.43. The van der Waals surface area contributed by atoms with Crippen LogP contribution in [-0.4, -0.2) is 52.9 Å². The predicted molar refractivity (Wildman–Crippen MR) is 83.6 cm³/mol. The van der Waals surface area contributed by atoms with E-state index in [0.717, 1.165) is 12.8 Å². The second-order valence-corrected chi connectivity index (χ2v) is 7.02. The Bertz CT molecular complexity index is 389. The summed E-state index contributed by atoms with van der Waals surface area (Å²) in [6.45, 7) is 14.4. The van der Waals surface area contributed by atoms with Crippen LogP contribution in [0.25, 0.3) is 0 Å². The fraction of sp³-hybridized carbons (Fsp3) is 0.938. The van der Waals surface area contributed by atoms with Gasteiger partial charge < -0.3 is 4.74 Å². The highest BCUT2D eigenvalue weighted by Crippen LogP contribution is 2.46. The topological polar surface area (TPSA) is 42.0 Å². The normalized spacial score (nSPS) is 26.0. The van der Waals surface area contributed by atoms with Crippen LogP contribution in [-0.2, 0) is 14.4 Å². The summed E-state index contributed by atoms with van der Waals surface area (Å²) < 4.78 is 4.88. The molecule has 124 valence electrons. The first-order chi connectivity index (χ1) is 9.51. The number of hydrogen-bond acceptors (Lipinski definition) is 5. The number of hydroxylamine groups is 2. The van der Waals surface area contributed by atoms with Gasteiger partial charge in [-0.05, 0) is 54.5 Å². The Morgan fingerprint density at radius 2 is 1.71 bits per heavy atom. The van der Waals surface area contributed by atoms with E-state index in [1.807, 2.05) is 5.06 Å². The van der Waals surface area contributed by atoms with E-state index in [1.54, 1.807) is 13.8 Å². The molecule has 0 saturated carbocycles. The number of carbonyl (C=O) groups is 1. The highest BCUT2D eigenvalue weighted by Gasteiger charge is 2.59. The lowest BCUT2D eigenvalue weighted by atomic mass is 9.97. The van der Waals surface area contributed by atoms with Crippen molar-refractivity contribution in [2.45, 2.75) is 84.2 Å². The van der Waals surface area contributed by atoms with Crippen molar-refractivity contribution in [2.75, 3.05) is 14.2 Å². The Hall–Kier alpha value is -0.650. The Balaban J connectivity index is 3.25. The molecule has 1 saturated heterocycles. The van der Waals surface area contributed by atoms with Crippen molar-refractivity contribution in [3.05, 3.63) is 0 Å². The average molecular weight is 300 g/mol. The third-order valence-corrected chi connectivity index (χ3v) is 5.29. The van der Waals surface area contributed by atoms with E-state index in [9.17, 15) is 4.79 Å². The van der Waals surface area contributed by atoms with Crippen LogP contribution < -0.4 is 0 Å². The molecule has 0 radical (unpaired) electrons. The maximum Gasteiger partial charge on any atom is 0.339 e. The summed E-state index contributed by atoms with van der Waals surface area (Å²) in [6.07, 6.45) is 1.84. The smallest absolute Gasteiger partial charge is 0.339 e. The molecule has 1 aliphatic rings. The fourth-order valence-corrected chi connectivity index (χ4v) is 3.43. The molecule has 1 fully saturated rings. The van der Waals surface area contributed by atoms with Crippen LogP contribution in [0.5, 0.6) is 0 Å². The van der Waals surface area contributed by atoms with E-state index >= 15 is 0 Å². The van der Waals surface area contributed by atoms with Crippen LogP contribution in [0, 0.1) is 0 Å². The molecule has 0 aromatic rings. The number of carbonyl (C=O) groups excluding carboxylic acids is 1. The van der Waals surface area contributed by atoms with E-state index in [0.29, 0.717) is 6.04 Å². The lowest BCUT2D eigenvalue weighted by molar-refractivity contribution is -0.312. The van der Waals surface area contributed by atoms with E-state index in [1.165, 1.54) is 7.11 Å². The van der Waals surface area contributed by atoms with Gasteiger partial charge in [-0.3, -0.25) is 9.74 Å². The van der Waals surface area contributed by atoms with Gasteiger partial charge in [-0.1, -0.05) is 13.8 Å². The minimum absolute atomic E-state index is 0.202. The van der Waals surface area contributed by atoms with Crippen molar-refractivity contribution in [1.29, 1.82) is 0 Å². The molecule has 1 heterocycles. The maximum absolute atomic E-state index is 12.0. The number of nitrogens with zero attached hydrogens (tertiary/aromatic N) is 2. The molecule has 0 amide bonds. The van der Waals surface area contributed by atoms with E-state index < -0.39 is 5.60 Å². The molecule has 5 nitrogen and oxygen atoms in total. The molecule has 1 unspecified atom stereocenters. The molecule has 1 rings (SSSR count). The van der Waals surface area contributed by atoms with Gasteiger partial charge in [0, 0.05) is 6.04 Å². The molecule has 0 aliphatic carbocycles. The summed E-state index contributed by atoms with van der Waals surface area (Å²) in [5, 5.41) is 2.03. The first kappa shape index (κ1) is 18.4. The Labute approximate surface area is 129 Å². The third-order valence-electron chi connectivity index (χ3n) is 5.29. The quantitative estimate of drug-likeness (QED) is 0.730. The molecule has 0 spiro atoms. The van der Waals surface area contributed by atoms with Crippen molar-refractivity contribution < 1.29 is 14.4 Å². The Morgan fingerprint density at radius 3 is 2.10 bits per heavy atom. The minimum Gasteiger partial charge on any atom is -0.467 e. The van der Waals surface area contributed by atoms with Crippen LogP contribution in [0.4, 0.5) is 0 Å². The molecule has 1 aliphatic heterocycles. The Morgan fingerprint density at radius 1 is 1.24 bits per heavy atom. The molecule has 21 heavy (non-hydrogen) atoms. The summed E-state index contributed by atoms with van der Waals surface area (Å²) in [6, 6.07) is 0.311. The van der Waals surface area contributed by atoms with Crippen molar-refractivity contribution in [3.8, 4) is 0 Å². The lowest BCUT2D eigenvalue weighted by Gasteiger charge is -2.46. The van der Waals surface area contributed by atoms with Crippen molar-refractivity contribution >= 4 is 5.97 Å². The van der Waals surface area contributed by atoms with E-state index in [2.05, 4.69) is 46.6 Å². The van der Waals surface area contributed by atoms with Gasteiger partial charge in [-0.15, -0.1) is 0 Å². The monoisotopic (exact) mass is 300 g/mol. The van der Waals surface area contributed by atoms with Gasteiger partial charge in [0.15, 0.2) is 5.60 Å². The van der Waals surface area contributed by atoms with Gasteiger partial charge in [0.05, 0.1) is 18.3 Å². The molecule has 0 N–H and O–H groups in total. The van der Waals surface area contributed by atoms with E-state index in [4.69, 9.17) is 9.57 Å². The van der Waals surface area contributed by atoms with E-state index in [-0.39, 0.29) is 17.2 Å². The highest BCUT2D eigenvalue weighted by atomic mass is 16.7. The summed E-state index contributed by atoms with van der Waals surface area (Å²) in [4.78, 5) is 20.6. The summed E-state index contributed by atoms with van der Waals surface area (Å²) in [7, 11) is 3.53. The molecule has 0 aromatic heterocycles. The van der Waals surface area contributed by atoms with Crippen LogP contribution in [0.1, 0.15) is 61.3 Å². The molecule has 5 heteroatoms. The maximum atomic E-state index is 12.0. The number of esters is 1. The SMILES string of the molecule is CCC1(CC)N(C)C(C)C(C)(C)N1OC(C)(C)C(=O)OC.